The highest BCUT2D eigenvalue weighted by Gasteiger charge is 2.28. The summed E-state index contributed by atoms with van der Waals surface area (Å²) in [6, 6.07) is 19.9. The number of ketones is 1. The van der Waals surface area contributed by atoms with E-state index in [1.807, 2.05) is 61.5 Å². The van der Waals surface area contributed by atoms with Crippen molar-refractivity contribution >= 4 is 55.5 Å². The Kier molecular flexibility index (Phi) is 4.68. The molecule has 0 amide bonds. The monoisotopic (exact) mass is 431 g/mol. The number of fused-ring (bicyclic) bond motifs is 4. The molecule has 1 N–H and O–H groups in total. The van der Waals surface area contributed by atoms with E-state index in [-0.39, 0.29) is 17.4 Å². The van der Waals surface area contributed by atoms with Gasteiger partial charge < -0.3 is 5.11 Å². The van der Waals surface area contributed by atoms with Gasteiger partial charge in [-0.2, -0.15) is 0 Å². The first-order valence-electron chi connectivity index (χ1n) is 9.61. The number of para-hydroxylation sites is 2. The topological polar surface area (TPSA) is 54.3 Å². The highest BCUT2D eigenvalue weighted by molar-refractivity contribution is 8.00. The number of rotatable bonds is 4. The summed E-state index contributed by atoms with van der Waals surface area (Å²) >= 11 is 2.73. The second kappa shape index (κ2) is 7.38. The Morgan fingerprint density at radius 1 is 1.03 bits per heavy atom. The van der Waals surface area contributed by atoms with Crippen LogP contribution < -0.4 is 4.40 Å². The molecule has 0 aliphatic carbocycles. The molecule has 0 aliphatic rings. The van der Waals surface area contributed by atoms with Gasteiger partial charge >= 0.3 is 5.88 Å². The minimum Gasteiger partial charge on any atom is -0.458 e. The lowest BCUT2D eigenvalue weighted by Gasteiger charge is -2.05. The molecule has 4 nitrogen and oxygen atoms in total. The van der Waals surface area contributed by atoms with Crippen LogP contribution in [0.25, 0.3) is 26.6 Å². The molecule has 5 rings (SSSR count). The van der Waals surface area contributed by atoms with Crippen LogP contribution in [0.15, 0.2) is 65.7 Å². The van der Waals surface area contributed by atoms with Gasteiger partial charge in [-0.25, -0.2) is 4.98 Å². The number of Topliss-reactive ketones (excluding diaryl/α,β-unsaturated/α-hetero) is 1. The van der Waals surface area contributed by atoms with Crippen LogP contribution in [0.3, 0.4) is 0 Å². The number of aryl methyl sites for hydroxylation is 2. The molecule has 3 heterocycles. The van der Waals surface area contributed by atoms with Crippen molar-refractivity contribution in [3.8, 4) is 5.88 Å². The third-order valence-electron chi connectivity index (χ3n) is 5.26. The molecule has 0 saturated heterocycles. The van der Waals surface area contributed by atoms with Crippen LogP contribution in [0.5, 0.6) is 5.88 Å². The van der Waals surface area contributed by atoms with Crippen molar-refractivity contribution in [3.63, 3.8) is 0 Å². The van der Waals surface area contributed by atoms with E-state index in [1.54, 1.807) is 4.40 Å². The molecule has 0 spiro atoms. The number of hydrogen-bond donors (Lipinski definition) is 1. The van der Waals surface area contributed by atoms with Gasteiger partial charge in [-0.15, -0.1) is 4.40 Å². The second-order valence-corrected chi connectivity index (χ2v) is 9.31. The first-order valence-corrected chi connectivity index (χ1v) is 11.4. The van der Waals surface area contributed by atoms with Crippen molar-refractivity contribution in [2.45, 2.75) is 18.9 Å². The minimum atomic E-state index is -0.0967. The van der Waals surface area contributed by atoms with Crippen molar-refractivity contribution in [1.82, 2.24) is 4.98 Å². The third kappa shape index (κ3) is 3.13. The third-order valence-corrected chi connectivity index (χ3v) is 7.29. The summed E-state index contributed by atoms with van der Waals surface area (Å²) in [6.07, 6.45) is 0. The van der Waals surface area contributed by atoms with E-state index in [1.165, 1.54) is 23.1 Å². The van der Waals surface area contributed by atoms with Gasteiger partial charge in [-0.3, -0.25) is 4.79 Å². The minimum absolute atomic E-state index is 0.0134. The molecule has 5 aromatic rings. The first kappa shape index (κ1) is 19.0. The van der Waals surface area contributed by atoms with Crippen LogP contribution in [-0.2, 0) is 0 Å². The molecule has 3 aromatic heterocycles. The standard InChI is InChI=1S/C24H18N2O2S2/c1-14-11-21(25-18-9-5-3-7-16(14)18)29-13-20(27)23-24(28)26-19-10-6-4-8-17(19)15(2)12-22(26)30-23/h3-12H,13H2,1-2H3/p+1. The van der Waals surface area contributed by atoms with E-state index in [0.29, 0.717) is 4.88 Å². The highest BCUT2D eigenvalue weighted by atomic mass is 32.2. The van der Waals surface area contributed by atoms with Crippen molar-refractivity contribution in [2.24, 2.45) is 0 Å². The number of carbonyl (C=O) groups excluding carboxylic acids is 1. The Morgan fingerprint density at radius 2 is 1.73 bits per heavy atom. The normalized spacial score (nSPS) is 11.5. The number of nitrogens with zero attached hydrogens (tertiary/aromatic N) is 2. The van der Waals surface area contributed by atoms with Gasteiger partial charge in [0.25, 0.3) is 4.83 Å². The first-order chi connectivity index (χ1) is 14.5. The molecule has 0 unspecified atom stereocenters. The molecule has 148 valence electrons. The highest BCUT2D eigenvalue weighted by Crippen LogP contribution is 2.30. The lowest BCUT2D eigenvalue weighted by atomic mass is 10.1. The Balaban J connectivity index is 1.48. The van der Waals surface area contributed by atoms with Crippen LogP contribution in [0, 0.1) is 13.8 Å². The van der Waals surface area contributed by atoms with Crippen molar-refractivity contribution in [1.29, 1.82) is 0 Å². The number of carbonyl (C=O) groups is 1. The van der Waals surface area contributed by atoms with Crippen LogP contribution in [-0.4, -0.2) is 21.6 Å². The van der Waals surface area contributed by atoms with Gasteiger partial charge in [-0.05, 0) is 43.2 Å². The maximum absolute atomic E-state index is 13.0. The fraction of sp³-hybridized carbons (Fsp3) is 0.125. The van der Waals surface area contributed by atoms with Crippen LogP contribution in [0.4, 0.5) is 0 Å². The van der Waals surface area contributed by atoms with Gasteiger partial charge in [0, 0.05) is 22.9 Å². The fourth-order valence-electron chi connectivity index (χ4n) is 3.77. The average molecular weight is 432 g/mol. The van der Waals surface area contributed by atoms with Crippen LogP contribution >= 0.6 is 23.1 Å². The quantitative estimate of drug-likeness (QED) is 0.232. The maximum atomic E-state index is 13.0. The Labute approximate surface area is 181 Å². The summed E-state index contributed by atoms with van der Waals surface area (Å²) in [7, 11) is 0. The van der Waals surface area contributed by atoms with Crippen molar-refractivity contribution in [3.05, 3.63) is 76.7 Å². The molecule has 0 bridgehead atoms. The number of thiazole rings is 1. The largest absolute Gasteiger partial charge is 0.458 e. The number of pyridine rings is 2. The predicted molar refractivity (Wildman–Crippen MR) is 123 cm³/mol. The fourth-order valence-corrected chi connectivity index (χ4v) is 5.80. The molecule has 0 atom stereocenters. The Hall–Kier alpha value is -2.96. The molecule has 30 heavy (non-hydrogen) atoms. The van der Waals surface area contributed by atoms with E-state index in [0.717, 1.165) is 42.8 Å². The molecule has 2 aromatic carbocycles. The van der Waals surface area contributed by atoms with E-state index >= 15 is 0 Å². The number of benzene rings is 2. The summed E-state index contributed by atoms with van der Waals surface area (Å²) in [5.41, 5.74) is 4.09. The zero-order chi connectivity index (χ0) is 20.8. The van der Waals surface area contributed by atoms with Gasteiger partial charge in [0.05, 0.1) is 16.3 Å². The van der Waals surface area contributed by atoms with E-state index in [4.69, 9.17) is 0 Å². The molecule has 0 aliphatic heterocycles. The van der Waals surface area contributed by atoms with Gasteiger partial charge in [0.2, 0.25) is 5.52 Å². The van der Waals surface area contributed by atoms with Gasteiger partial charge in [0.15, 0.2) is 10.7 Å². The van der Waals surface area contributed by atoms with Crippen molar-refractivity contribution < 1.29 is 14.3 Å². The predicted octanol–water partition coefficient (Wildman–Crippen LogP) is 5.49. The van der Waals surface area contributed by atoms with Gasteiger partial charge in [-0.1, -0.05) is 53.4 Å². The molecule has 0 saturated carbocycles. The molecule has 6 heteroatoms. The smallest absolute Gasteiger partial charge is 0.394 e. The molecular weight excluding hydrogens is 412 g/mol. The maximum Gasteiger partial charge on any atom is 0.394 e. The van der Waals surface area contributed by atoms with E-state index in [2.05, 4.69) is 18.0 Å². The SMILES string of the molecule is Cc1cc(SCC(=O)c2sc3cc(C)c4ccccc4[n+]3c2O)nc2ccccc12. The number of hydrogen-bond acceptors (Lipinski definition) is 5. The summed E-state index contributed by atoms with van der Waals surface area (Å²) in [5, 5.41) is 13.9. The number of aromatic nitrogens is 2. The lowest BCUT2D eigenvalue weighted by Crippen LogP contribution is -2.21. The molecule has 0 fully saturated rings. The summed E-state index contributed by atoms with van der Waals surface area (Å²) in [5.74, 6) is 0.142. The van der Waals surface area contributed by atoms with Crippen LogP contribution in [0.1, 0.15) is 20.8 Å². The van der Waals surface area contributed by atoms with Crippen molar-refractivity contribution in [2.75, 3.05) is 5.75 Å². The molecular formula is C24H19N2O2S2+. The summed E-state index contributed by atoms with van der Waals surface area (Å²) < 4.78 is 1.77. The number of aromatic hydroxyl groups is 1. The average Bonchev–Trinajstić information content (AvgIpc) is 3.08. The molecule has 0 radical (unpaired) electrons. The zero-order valence-electron chi connectivity index (χ0n) is 16.5. The number of thioether (sulfide) groups is 1. The van der Waals surface area contributed by atoms with E-state index in [9.17, 15) is 9.90 Å². The van der Waals surface area contributed by atoms with Crippen LogP contribution in [0.2, 0.25) is 0 Å². The van der Waals surface area contributed by atoms with Gasteiger partial charge in [0.1, 0.15) is 0 Å². The Bertz CT molecular complexity index is 1460. The summed E-state index contributed by atoms with van der Waals surface area (Å²) in [6.45, 7) is 4.10. The zero-order valence-corrected chi connectivity index (χ0v) is 18.2. The van der Waals surface area contributed by atoms with E-state index < -0.39 is 0 Å². The second-order valence-electron chi connectivity index (χ2n) is 7.28. The Morgan fingerprint density at radius 3 is 2.57 bits per heavy atom. The summed E-state index contributed by atoms with van der Waals surface area (Å²) in [4.78, 5) is 18.9. The lowest BCUT2D eigenvalue weighted by molar-refractivity contribution is -0.489.